The Bertz CT molecular complexity index is 828. The third-order valence-electron chi connectivity index (χ3n) is 3.61. The Morgan fingerprint density at radius 3 is 2.57 bits per heavy atom. The number of nitrogens with zero attached hydrogens (tertiary/aromatic N) is 2. The average molecular weight is 298 g/mol. The van der Waals surface area contributed by atoms with Crippen molar-refractivity contribution in [3.05, 3.63) is 52.5 Å². The van der Waals surface area contributed by atoms with Crippen molar-refractivity contribution in [2.45, 2.75) is 13.8 Å². The highest BCUT2D eigenvalue weighted by molar-refractivity contribution is 6.30. The summed E-state index contributed by atoms with van der Waals surface area (Å²) in [5, 5.41) is 4.88. The van der Waals surface area contributed by atoms with Crippen molar-refractivity contribution in [1.29, 1.82) is 0 Å². The maximum absolute atomic E-state index is 6.12. The Morgan fingerprint density at radius 1 is 1.00 bits per heavy atom. The smallest absolute Gasteiger partial charge is 0.162 e. The summed E-state index contributed by atoms with van der Waals surface area (Å²) < 4.78 is 0. The van der Waals surface area contributed by atoms with Gasteiger partial charge in [0.2, 0.25) is 0 Å². The SMILES string of the molecule is CNc1nc(-c2cc(Cl)ccc2C)nc2c(C)cccc12. The third-order valence-corrected chi connectivity index (χ3v) is 3.84. The van der Waals surface area contributed by atoms with Crippen LogP contribution in [0.25, 0.3) is 22.3 Å². The van der Waals surface area contributed by atoms with Gasteiger partial charge in [0.15, 0.2) is 5.82 Å². The normalized spacial score (nSPS) is 10.9. The molecule has 0 amide bonds. The van der Waals surface area contributed by atoms with Gasteiger partial charge in [0.05, 0.1) is 5.52 Å². The Morgan fingerprint density at radius 2 is 1.81 bits per heavy atom. The number of para-hydroxylation sites is 1. The van der Waals surface area contributed by atoms with Crippen LogP contribution in [0.4, 0.5) is 5.82 Å². The first-order valence-corrected chi connectivity index (χ1v) is 7.19. The van der Waals surface area contributed by atoms with Crippen molar-refractivity contribution in [2.75, 3.05) is 12.4 Å². The van der Waals surface area contributed by atoms with E-state index in [4.69, 9.17) is 16.6 Å². The lowest BCUT2D eigenvalue weighted by Crippen LogP contribution is -2.00. The molecular weight excluding hydrogens is 282 g/mol. The summed E-state index contributed by atoms with van der Waals surface area (Å²) in [7, 11) is 1.87. The second-order valence-corrected chi connectivity index (χ2v) is 5.51. The molecule has 1 heterocycles. The number of benzene rings is 2. The molecule has 1 N–H and O–H groups in total. The van der Waals surface area contributed by atoms with Crippen molar-refractivity contribution in [2.24, 2.45) is 0 Å². The van der Waals surface area contributed by atoms with Crippen molar-refractivity contribution < 1.29 is 0 Å². The van der Waals surface area contributed by atoms with Crippen LogP contribution in [0.3, 0.4) is 0 Å². The van der Waals surface area contributed by atoms with Gasteiger partial charge in [-0.2, -0.15) is 0 Å². The Kier molecular flexibility index (Phi) is 3.52. The molecule has 0 saturated carbocycles. The number of fused-ring (bicyclic) bond motifs is 1. The van der Waals surface area contributed by atoms with Gasteiger partial charge in [-0.1, -0.05) is 29.8 Å². The first kappa shape index (κ1) is 13.8. The zero-order valence-corrected chi connectivity index (χ0v) is 13.0. The summed E-state index contributed by atoms with van der Waals surface area (Å²) in [4.78, 5) is 9.40. The fourth-order valence-electron chi connectivity index (χ4n) is 2.44. The van der Waals surface area contributed by atoms with E-state index in [2.05, 4.69) is 23.3 Å². The van der Waals surface area contributed by atoms with Crippen LogP contribution in [0.2, 0.25) is 5.02 Å². The number of rotatable bonds is 2. The molecule has 106 valence electrons. The monoisotopic (exact) mass is 297 g/mol. The van der Waals surface area contributed by atoms with Crippen LogP contribution in [0.5, 0.6) is 0 Å². The number of hydrogen-bond acceptors (Lipinski definition) is 3. The summed E-state index contributed by atoms with van der Waals surface area (Å²) in [6.07, 6.45) is 0. The van der Waals surface area contributed by atoms with Crippen LogP contribution in [-0.4, -0.2) is 17.0 Å². The van der Waals surface area contributed by atoms with Crippen molar-refractivity contribution in [3.63, 3.8) is 0 Å². The first-order chi connectivity index (χ1) is 10.1. The number of nitrogens with one attached hydrogen (secondary N) is 1. The van der Waals surface area contributed by atoms with Gasteiger partial charge >= 0.3 is 0 Å². The van der Waals surface area contributed by atoms with E-state index < -0.39 is 0 Å². The molecule has 0 spiro atoms. The van der Waals surface area contributed by atoms with Gasteiger partial charge in [-0.15, -0.1) is 0 Å². The van der Waals surface area contributed by atoms with E-state index in [1.807, 2.05) is 44.3 Å². The van der Waals surface area contributed by atoms with Crippen LogP contribution in [0, 0.1) is 13.8 Å². The van der Waals surface area contributed by atoms with E-state index in [0.717, 1.165) is 33.4 Å². The van der Waals surface area contributed by atoms with E-state index in [-0.39, 0.29) is 0 Å². The Labute approximate surface area is 129 Å². The van der Waals surface area contributed by atoms with Crippen LogP contribution in [-0.2, 0) is 0 Å². The summed E-state index contributed by atoms with van der Waals surface area (Å²) in [6.45, 7) is 4.10. The molecule has 0 aliphatic carbocycles. The number of aromatic nitrogens is 2. The molecule has 21 heavy (non-hydrogen) atoms. The number of hydrogen-bond donors (Lipinski definition) is 1. The fraction of sp³-hybridized carbons (Fsp3) is 0.176. The second-order valence-electron chi connectivity index (χ2n) is 5.08. The predicted octanol–water partition coefficient (Wildman–Crippen LogP) is 4.61. The lowest BCUT2D eigenvalue weighted by atomic mass is 10.1. The summed E-state index contributed by atoms with van der Waals surface area (Å²) >= 11 is 6.12. The van der Waals surface area contributed by atoms with Crippen molar-refractivity contribution in [3.8, 4) is 11.4 Å². The number of halogens is 1. The van der Waals surface area contributed by atoms with E-state index in [9.17, 15) is 0 Å². The number of anilines is 1. The van der Waals surface area contributed by atoms with Crippen LogP contribution in [0.15, 0.2) is 36.4 Å². The summed E-state index contributed by atoms with van der Waals surface area (Å²) in [5.74, 6) is 1.53. The predicted molar refractivity (Wildman–Crippen MR) is 89.0 cm³/mol. The molecule has 3 rings (SSSR count). The highest BCUT2D eigenvalue weighted by Gasteiger charge is 2.12. The first-order valence-electron chi connectivity index (χ1n) is 6.82. The van der Waals surface area contributed by atoms with Gasteiger partial charge in [0.1, 0.15) is 5.82 Å². The molecule has 0 fully saturated rings. The van der Waals surface area contributed by atoms with Gasteiger partial charge in [0, 0.05) is 23.0 Å². The van der Waals surface area contributed by atoms with Crippen LogP contribution < -0.4 is 5.32 Å². The quantitative estimate of drug-likeness (QED) is 0.750. The third kappa shape index (κ3) is 2.45. The molecule has 0 aliphatic rings. The number of aryl methyl sites for hydroxylation is 2. The molecule has 4 heteroatoms. The molecule has 0 radical (unpaired) electrons. The van der Waals surface area contributed by atoms with E-state index in [1.54, 1.807) is 0 Å². The molecule has 0 saturated heterocycles. The zero-order chi connectivity index (χ0) is 15.0. The maximum Gasteiger partial charge on any atom is 0.162 e. The van der Waals surface area contributed by atoms with Gasteiger partial charge in [-0.05, 0) is 43.2 Å². The summed E-state index contributed by atoms with van der Waals surface area (Å²) in [6, 6.07) is 11.9. The van der Waals surface area contributed by atoms with E-state index in [1.165, 1.54) is 0 Å². The molecule has 0 aliphatic heterocycles. The topological polar surface area (TPSA) is 37.8 Å². The molecule has 2 aromatic carbocycles. The van der Waals surface area contributed by atoms with Crippen molar-refractivity contribution in [1.82, 2.24) is 9.97 Å². The lowest BCUT2D eigenvalue weighted by molar-refractivity contribution is 1.19. The van der Waals surface area contributed by atoms with E-state index in [0.29, 0.717) is 10.8 Å². The highest BCUT2D eigenvalue weighted by atomic mass is 35.5. The molecule has 3 aromatic rings. The zero-order valence-electron chi connectivity index (χ0n) is 12.2. The van der Waals surface area contributed by atoms with Gasteiger partial charge in [0.25, 0.3) is 0 Å². The van der Waals surface area contributed by atoms with Gasteiger partial charge in [-0.3, -0.25) is 0 Å². The van der Waals surface area contributed by atoms with Gasteiger partial charge in [-0.25, -0.2) is 9.97 Å². The fourth-order valence-corrected chi connectivity index (χ4v) is 2.61. The molecule has 0 atom stereocenters. The standard InChI is InChI=1S/C17H16ClN3/c1-10-7-8-12(18)9-14(10)17-20-15-11(2)5-4-6-13(15)16(19-3)21-17/h4-9H,1-3H3,(H,19,20,21). The minimum Gasteiger partial charge on any atom is -0.373 e. The minimum atomic E-state index is 0.690. The molecule has 0 unspecified atom stereocenters. The van der Waals surface area contributed by atoms with Crippen LogP contribution >= 0.6 is 11.6 Å². The Balaban J connectivity index is 2.33. The minimum absolute atomic E-state index is 0.690. The maximum atomic E-state index is 6.12. The largest absolute Gasteiger partial charge is 0.373 e. The average Bonchev–Trinajstić information content (AvgIpc) is 2.49. The van der Waals surface area contributed by atoms with Crippen LogP contribution in [0.1, 0.15) is 11.1 Å². The van der Waals surface area contributed by atoms with E-state index >= 15 is 0 Å². The Hall–Kier alpha value is -2.13. The molecule has 3 nitrogen and oxygen atoms in total. The second kappa shape index (κ2) is 5.34. The molecule has 1 aromatic heterocycles. The van der Waals surface area contributed by atoms with Crippen molar-refractivity contribution >= 4 is 28.3 Å². The lowest BCUT2D eigenvalue weighted by Gasteiger charge is -2.11. The molecular formula is C17H16ClN3. The highest BCUT2D eigenvalue weighted by Crippen LogP contribution is 2.29. The molecule has 0 bridgehead atoms. The van der Waals surface area contributed by atoms with Gasteiger partial charge < -0.3 is 5.32 Å². The summed E-state index contributed by atoms with van der Waals surface area (Å²) in [5.41, 5.74) is 4.16.